The highest BCUT2D eigenvalue weighted by Gasteiger charge is 2.33. The molecule has 0 aliphatic heterocycles. The van der Waals surface area contributed by atoms with E-state index in [1.807, 2.05) is 0 Å². The average molecular weight is 317 g/mol. The fraction of sp³-hybridized carbons (Fsp3) is 0.167. The maximum atomic E-state index is 12.1. The molecule has 0 aliphatic carbocycles. The lowest BCUT2D eigenvalue weighted by Gasteiger charge is -2.10. The standard InChI is InChI=1S/C6Cl4F3NS/c7-1-3(15-6(11,12)13)2(8)5(10)14-4(1)9. The van der Waals surface area contributed by atoms with Crippen LogP contribution in [0.25, 0.3) is 0 Å². The molecule has 9 heteroatoms. The molecule has 1 rings (SSSR count). The summed E-state index contributed by atoms with van der Waals surface area (Å²) in [6.45, 7) is 0. The molecule has 0 unspecified atom stereocenters. The molecule has 0 radical (unpaired) electrons. The van der Waals surface area contributed by atoms with Gasteiger partial charge in [-0.3, -0.25) is 0 Å². The van der Waals surface area contributed by atoms with Gasteiger partial charge in [-0.25, -0.2) is 4.98 Å². The normalized spacial score (nSPS) is 11.9. The van der Waals surface area contributed by atoms with E-state index >= 15 is 0 Å². The number of hydrogen-bond donors (Lipinski definition) is 0. The number of pyridine rings is 1. The van der Waals surface area contributed by atoms with Crippen molar-refractivity contribution in [1.82, 2.24) is 4.98 Å². The van der Waals surface area contributed by atoms with Crippen LogP contribution in [0.3, 0.4) is 0 Å². The van der Waals surface area contributed by atoms with Crippen LogP contribution in [0.5, 0.6) is 0 Å². The zero-order chi connectivity index (χ0) is 11.8. The molecule has 1 aromatic heterocycles. The van der Waals surface area contributed by atoms with Gasteiger partial charge in [-0.1, -0.05) is 46.4 Å². The van der Waals surface area contributed by atoms with Gasteiger partial charge in [0.15, 0.2) is 10.3 Å². The summed E-state index contributed by atoms with van der Waals surface area (Å²) < 4.78 is 36.3. The maximum absolute atomic E-state index is 12.1. The van der Waals surface area contributed by atoms with Gasteiger partial charge < -0.3 is 0 Å². The number of alkyl halides is 3. The number of thioether (sulfide) groups is 1. The van der Waals surface area contributed by atoms with Crippen molar-refractivity contribution in [3.63, 3.8) is 0 Å². The summed E-state index contributed by atoms with van der Waals surface area (Å²) in [5.41, 5.74) is -4.53. The van der Waals surface area contributed by atoms with E-state index < -0.39 is 22.2 Å². The third kappa shape index (κ3) is 3.46. The Morgan fingerprint density at radius 3 is 1.67 bits per heavy atom. The van der Waals surface area contributed by atoms with Gasteiger partial charge in [-0.15, -0.1) is 0 Å². The summed E-state index contributed by atoms with van der Waals surface area (Å²) in [6.07, 6.45) is 0. The summed E-state index contributed by atoms with van der Waals surface area (Å²) in [5.74, 6) is 0. The summed E-state index contributed by atoms with van der Waals surface area (Å²) >= 11 is 21.5. The Morgan fingerprint density at radius 2 is 1.33 bits per heavy atom. The molecular weight excluding hydrogens is 317 g/mol. The van der Waals surface area contributed by atoms with Gasteiger partial charge in [0, 0.05) is 0 Å². The molecule has 84 valence electrons. The largest absolute Gasteiger partial charge is 0.446 e. The van der Waals surface area contributed by atoms with Crippen LogP contribution < -0.4 is 0 Å². The first-order chi connectivity index (χ1) is 6.72. The molecule has 0 fully saturated rings. The van der Waals surface area contributed by atoms with Crippen molar-refractivity contribution in [3.05, 3.63) is 20.4 Å². The Morgan fingerprint density at radius 1 is 0.933 bits per heavy atom. The number of halogens is 7. The summed E-state index contributed by atoms with van der Waals surface area (Å²) in [7, 11) is 0. The van der Waals surface area contributed by atoms with Gasteiger partial charge in [-0.05, 0) is 11.8 Å². The van der Waals surface area contributed by atoms with Gasteiger partial charge >= 0.3 is 5.51 Å². The third-order valence-corrected chi connectivity index (χ3v) is 3.72. The summed E-state index contributed by atoms with van der Waals surface area (Å²) in [6, 6.07) is 0. The third-order valence-electron chi connectivity index (χ3n) is 1.18. The van der Waals surface area contributed by atoms with Crippen LogP contribution in [0.1, 0.15) is 0 Å². The predicted molar refractivity (Wildman–Crippen MR) is 56.2 cm³/mol. The van der Waals surface area contributed by atoms with Crippen LogP contribution in [0.2, 0.25) is 20.4 Å². The van der Waals surface area contributed by atoms with E-state index in [0.29, 0.717) is 0 Å². The highest BCUT2D eigenvalue weighted by atomic mass is 35.5. The molecule has 1 nitrogen and oxygen atoms in total. The second kappa shape index (κ2) is 4.75. The lowest BCUT2D eigenvalue weighted by Crippen LogP contribution is -2.00. The second-order valence-electron chi connectivity index (χ2n) is 2.20. The SMILES string of the molecule is FC(F)(F)Sc1c(Cl)c(Cl)nc(Cl)c1Cl. The molecule has 0 spiro atoms. The maximum Gasteiger partial charge on any atom is 0.446 e. The van der Waals surface area contributed by atoms with Crippen molar-refractivity contribution in [2.45, 2.75) is 10.4 Å². The average Bonchev–Trinajstić information content (AvgIpc) is 2.08. The Kier molecular flexibility index (Phi) is 4.28. The fourth-order valence-corrected chi connectivity index (χ4v) is 2.34. The van der Waals surface area contributed by atoms with Crippen molar-refractivity contribution in [3.8, 4) is 0 Å². The molecule has 0 saturated heterocycles. The first kappa shape index (κ1) is 13.5. The van der Waals surface area contributed by atoms with Gasteiger partial charge in [0.2, 0.25) is 0 Å². The smallest absolute Gasteiger partial charge is 0.221 e. The van der Waals surface area contributed by atoms with Crippen molar-refractivity contribution in [2.75, 3.05) is 0 Å². The number of rotatable bonds is 1. The summed E-state index contributed by atoms with van der Waals surface area (Å²) in [4.78, 5) is 3.00. The molecule has 15 heavy (non-hydrogen) atoms. The van der Waals surface area contributed by atoms with E-state index in [-0.39, 0.29) is 20.4 Å². The van der Waals surface area contributed by atoms with Gasteiger partial charge in [0.1, 0.15) is 0 Å². The second-order valence-corrected chi connectivity index (χ2v) is 4.75. The minimum absolute atomic E-state index is 0.321. The van der Waals surface area contributed by atoms with Crippen LogP contribution in [0.4, 0.5) is 13.2 Å². The molecular formula is C6Cl4F3NS. The van der Waals surface area contributed by atoms with Crippen molar-refractivity contribution in [1.29, 1.82) is 0 Å². The van der Waals surface area contributed by atoms with Crippen LogP contribution in [-0.4, -0.2) is 10.5 Å². The molecule has 0 bridgehead atoms. The number of aromatic nitrogens is 1. The quantitative estimate of drug-likeness (QED) is 0.514. The van der Waals surface area contributed by atoms with E-state index in [4.69, 9.17) is 46.4 Å². The molecule has 1 heterocycles. The van der Waals surface area contributed by atoms with E-state index in [0.717, 1.165) is 0 Å². The Labute approximate surface area is 107 Å². The van der Waals surface area contributed by atoms with Crippen LogP contribution in [0.15, 0.2) is 4.90 Å². The van der Waals surface area contributed by atoms with Gasteiger partial charge in [-0.2, -0.15) is 13.2 Å². The zero-order valence-electron chi connectivity index (χ0n) is 6.50. The predicted octanol–water partition coefficient (Wildman–Crippen LogP) is 5.31. The van der Waals surface area contributed by atoms with Crippen molar-refractivity contribution in [2.24, 2.45) is 0 Å². The van der Waals surface area contributed by atoms with Crippen molar-refractivity contribution < 1.29 is 13.2 Å². The minimum Gasteiger partial charge on any atom is -0.221 e. The summed E-state index contributed by atoms with van der Waals surface area (Å²) in [5, 5.41) is -1.38. The Balaban J connectivity index is 3.27. The molecule has 1 aromatic rings. The van der Waals surface area contributed by atoms with E-state index in [9.17, 15) is 13.2 Å². The molecule has 0 aliphatic rings. The molecule has 0 aromatic carbocycles. The molecule has 0 N–H and O–H groups in total. The van der Waals surface area contributed by atoms with E-state index in [1.165, 1.54) is 0 Å². The van der Waals surface area contributed by atoms with Crippen molar-refractivity contribution >= 4 is 58.2 Å². The van der Waals surface area contributed by atoms with Gasteiger partial charge in [0.25, 0.3) is 0 Å². The zero-order valence-corrected chi connectivity index (χ0v) is 10.3. The highest BCUT2D eigenvalue weighted by molar-refractivity contribution is 8.00. The van der Waals surface area contributed by atoms with Gasteiger partial charge in [0.05, 0.1) is 14.9 Å². The van der Waals surface area contributed by atoms with E-state index in [1.54, 1.807) is 0 Å². The molecule has 0 amide bonds. The Bertz CT molecular complexity index is 369. The topological polar surface area (TPSA) is 12.9 Å². The number of nitrogens with zero attached hydrogens (tertiary/aromatic N) is 1. The van der Waals surface area contributed by atoms with Crippen LogP contribution in [0, 0.1) is 0 Å². The number of hydrogen-bond acceptors (Lipinski definition) is 2. The van der Waals surface area contributed by atoms with E-state index in [2.05, 4.69) is 4.98 Å². The highest BCUT2D eigenvalue weighted by Crippen LogP contribution is 2.47. The van der Waals surface area contributed by atoms with Crippen LogP contribution >= 0.6 is 58.2 Å². The first-order valence-electron chi connectivity index (χ1n) is 3.18. The lowest BCUT2D eigenvalue weighted by molar-refractivity contribution is -0.0328. The fourth-order valence-electron chi connectivity index (χ4n) is 0.673. The lowest BCUT2D eigenvalue weighted by atomic mass is 10.5. The minimum atomic E-state index is -4.53. The monoisotopic (exact) mass is 315 g/mol. The molecule has 0 saturated carbocycles. The van der Waals surface area contributed by atoms with Crippen LogP contribution in [-0.2, 0) is 0 Å². The first-order valence-corrected chi connectivity index (χ1v) is 5.51. The molecule has 0 atom stereocenters. The Hall–Kier alpha value is 0.450.